The summed E-state index contributed by atoms with van der Waals surface area (Å²) in [6.45, 7) is 0. The number of anilines is 1. The highest BCUT2D eigenvalue weighted by atomic mass is 19.4. The number of nitrogens with zero attached hydrogens (tertiary/aromatic N) is 2. The number of hydrogen-bond acceptors (Lipinski definition) is 6. The van der Waals surface area contributed by atoms with Gasteiger partial charge in [-0.15, -0.1) is 10.2 Å². The molecular weight excluding hydrogens is 367 g/mol. The molecule has 1 amide bonds. The molecule has 7 nitrogen and oxygen atoms in total. The number of hydrogen-bond donors (Lipinski definition) is 1. The Morgan fingerprint density at radius 1 is 1.19 bits per heavy atom. The quantitative estimate of drug-likeness (QED) is 0.821. The molecule has 10 heteroatoms. The van der Waals surface area contributed by atoms with Gasteiger partial charge in [0, 0.05) is 0 Å². The van der Waals surface area contributed by atoms with Gasteiger partial charge in [-0.1, -0.05) is 18.2 Å². The second-order valence-electron chi connectivity index (χ2n) is 5.78. The molecular formula is C17H14F3N3O4. The first-order valence-electron chi connectivity index (χ1n) is 7.84. The third-order valence-electron chi connectivity index (χ3n) is 4.00. The summed E-state index contributed by atoms with van der Waals surface area (Å²) in [5.74, 6) is -3.12. The van der Waals surface area contributed by atoms with Gasteiger partial charge < -0.3 is 14.8 Å². The molecule has 2 atom stereocenters. The molecule has 3 rings (SSSR count). The Hall–Kier alpha value is -3.17. The number of esters is 1. The maximum atomic E-state index is 13.4. The molecule has 0 bridgehead atoms. The largest absolute Gasteiger partial charge is 0.480 e. The van der Waals surface area contributed by atoms with Crippen LogP contribution < -0.4 is 10.1 Å². The molecule has 2 aromatic rings. The number of ether oxygens (including phenoxy) is 2. The number of alkyl halides is 3. The van der Waals surface area contributed by atoms with Crippen molar-refractivity contribution in [3.8, 4) is 5.75 Å². The van der Waals surface area contributed by atoms with Gasteiger partial charge in [0.1, 0.15) is 5.75 Å². The lowest BCUT2D eigenvalue weighted by atomic mass is 9.89. The molecule has 1 N–H and O–H groups in total. The molecule has 0 saturated carbocycles. The molecule has 1 aliphatic heterocycles. The first kappa shape index (κ1) is 18.6. The maximum Gasteiger partial charge on any atom is 0.426 e. The summed E-state index contributed by atoms with van der Waals surface area (Å²) in [7, 11) is 1.16. The van der Waals surface area contributed by atoms with Crippen LogP contribution in [-0.2, 0) is 16.0 Å². The van der Waals surface area contributed by atoms with Crippen LogP contribution in [0.1, 0.15) is 16.1 Å². The predicted octanol–water partition coefficient (Wildman–Crippen LogP) is 2.38. The van der Waals surface area contributed by atoms with Crippen LogP contribution in [0.25, 0.3) is 0 Å². The van der Waals surface area contributed by atoms with E-state index in [4.69, 9.17) is 4.74 Å². The second kappa shape index (κ2) is 7.22. The van der Waals surface area contributed by atoms with Crippen molar-refractivity contribution in [3.05, 3.63) is 47.7 Å². The van der Waals surface area contributed by atoms with Crippen LogP contribution in [0.15, 0.2) is 36.4 Å². The summed E-state index contributed by atoms with van der Waals surface area (Å²) < 4.78 is 49.7. The Kier molecular flexibility index (Phi) is 4.98. The molecule has 0 radical (unpaired) electrons. The fourth-order valence-electron chi connectivity index (χ4n) is 2.71. The summed E-state index contributed by atoms with van der Waals surface area (Å²) >= 11 is 0. The highest BCUT2D eigenvalue weighted by Crippen LogP contribution is 2.38. The van der Waals surface area contributed by atoms with Crippen molar-refractivity contribution in [3.63, 3.8) is 0 Å². The number of carbonyl (C=O) groups is 2. The average molecular weight is 381 g/mol. The van der Waals surface area contributed by atoms with Gasteiger partial charge in [0.25, 0.3) is 0 Å². The van der Waals surface area contributed by atoms with Crippen molar-refractivity contribution in [1.82, 2.24) is 10.2 Å². The van der Waals surface area contributed by atoms with E-state index in [2.05, 4.69) is 20.3 Å². The SMILES string of the molecule is COC(=O)c1ccc(NC(=O)[C@@H]2Cc3ccccc3O[C@H]2C(F)(F)F)nn1. The van der Waals surface area contributed by atoms with E-state index >= 15 is 0 Å². The van der Waals surface area contributed by atoms with Crippen LogP contribution in [0, 0.1) is 5.92 Å². The highest BCUT2D eigenvalue weighted by Gasteiger charge is 2.51. The van der Waals surface area contributed by atoms with Gasteiger partial charge in [-0.25, -0.2) is 4.79 Å². The van der Waals surface area contributed by atoms with Gasteiger partial charge in [0.2, 0.25) is 12.0 Å². The molecule has 0 aliphatic carbocycles. The molecule has 0 fully saturated rings. The topological polar surface area (TPSA) is 90.4 Å². The minimum Gasteiger partial charge on any atom is -0.480 e. The summed E-state index contributed by atoms with van der Waals surface area (Å²) in [6, 6.07) is 8.74. The van der Waals surface area contributed by atoms with E-state index in [1.165, 1.54) is 18.2 Å². The molecule has 142 valence electrons. The molecule has 27 heavy (non-hydrogen) atoms. The van der Waals surface area contributed by atoms with Crippen LogP contribution in [0.2, 0.25) is 0 Å². The van der Waals surface area contributed by atoms with Crippen molar-refractivity contribution >= 4 is 17.7 Å². The van der Waals surface area contributed by atoms with Crippen LogP contribution in [0.3, 0.4) is 0 Å². The monoisotopic (exact) mass is 381 g/mol. The number of para-hydroxylation sites is 1. The van der Waals surface area contributed by atoms with Crippen molar-refractivity contribution < 1.29 is 32.2 Å². The number of aromatic nitrogens is 2. The van der Waals surface area contributed by atoms with Crippen LogP contribution in [0.5, 0.6) is 5.75 Å². The molecule has 1 aromatic carbocycles. The van der Waals surface area contributed by atoms with E-state index in [9.17, 15) is 22.8 Å². The van der Waals surface area contributed by atoms with Crippen LogP contribution in [-0.4, -0.2) is 41.5 Å². The third kappa shape index (κ3) is 3.99. The lowest BCUT2D eigenvalue weighted by Crippen LogP contribution is -2.49. The minimum atomic E-state index is -4.73. The van der Waals surface area contributed by atoms with Crippen molar-refractivity contribution in [2.45, 2.75) is 18.7 Å². The summed E-state index contributed by atoms with van der Waals surface area (Å²) in [6.07, 6.45) is -7.15. The van der Waals surface area contributed by atoms with Gasteiger partial charge in [-0.3, -0.25) is 4.79 Å². The number of fused-ring (bicyclic) bond motifs is 1. The zero-order chi connectivity index (χ0) is 19.6. The molecule has 1 aromatic heterocycles. The fraction of sp³-hybridized carbons (Fsp3) is 0.294. The summed E-state index contributed by atoms with van der Waals surface area (Å²) in [5, 5.41) is 9.45. The van der Waals surface area contributed by atoms with E-state index in [1.54, 1.807) is 18.2 Å². The van der Waals surface area contributed by atoms with Gasteiger partial charge in [-0.05, 0) is 30.2 Å². The van der Waals surface area contributed by atoms with E-state index in [1.807, 2.05) is 0 Å². The minimum absolute atomic E-state index is 0.0903. The fourth-order valence-corrected chi connectivity index (χ4v) is 2.71. The van der Waals surface area contributed by atoms with Crippen LogP contribution >= 0.6 is 0 Å². The smallest absolute Gasteiger partial charge is 0.426 e. The Morgan fingerprint density at radius 3 is 2.56 bits per heavy atom. The maximum absolute atomic E-state index is 13.4. The molecule has 0 saturated heterocycles. The molecule has 0 unspecified atom stereocenters. The number of amides is 1. The lowest BCUT2D eigenvalue weighted by Gasteiger charge is -2.33. The zero-order valence-electron chi connectivity index (χ0n) is 14.0. The molecule has 2 heterocycles. The number of rotatable bonds is 3. The summed E-state index contributed by atoms with van der Waals surface area (Å²) in [4.78, 5) is 23.8. The number of carbonyl (C=O) groups excluding carboxylic acids is 2. The van der Waals surface area contributed by atoms with Gasteiger partial charge in [0.15, 0.2) is 11.5 Å². The van der Waals surface area contributed by atoms with Gasteiger partial charge in [-0.2, -0.15) is 13.2 Å². The van der Waals surface area contributed by atoms with E-state index in [-0.39, 0.29) is 23.7 Å². The van der Waals surface area contributed by atoms with Crippen LogP contribution in [0.4, 0.5) is 19.0 Å². The molecule has 0 spiro atoms. The van der Waals surface area contributed by atoms with E-state index in [0.29, 0.717) is 5.56 Å². The van der Waals surface area contributed by atoms with Crippen molar-refractivity contribution in [2.24, 2.45) is 5.92 Å². The first-order valence-corrected chi connectivity index (χ1v) is 7.84. The number of methoxy groups -OCH3 is 1. The van der Waals surface area contributed by atoms with E-state index in [0.717, 1.165) is 7.11 Å². The Balaban J connectivity index is 1.80. The van der Waals surface area contributed by atoms with Gasteiger partial charge >= 0.3 is 12.1 Å². The lowest BCUT2D eigenvalue weighted by molar-refractivity contribution is -0.212. The first-order chi connectivity index (χ1) is 12.8. The highest BCUT2D eigenvalue weighted by molar-refractivity contribution is 5.93. The van der Waals surface area contributed by atoms with Crippen molar-refractivity contribution in [1.29, 1.82) is 0 Å². The van der Waals surface area contributed by atoms with E-state index < -0.39 is 30.1 Å². The Labute approximate surface area is 151 Å². The average Bonchev–Trinajstić information content (AvgIpc) is 2.66. The second-order valence-corrected chi connectivity index (χ2v) is 5.78. The van der Waals surface area contributed by atoms with Gasteiger partial charge in [0.05, 0.1) is 13.0 Å². The number of nitrogens with one attached hydrogen (secondary N) is 1. The third-order valence-corrected chi connectivity index (χ3v) is 4.00. The molecule has 1 aliphatic rings. The summed E-state index contributed by atoms with van der Waals surface area (Å²) in [5.41, 5.74) is 0.406. The standard InChI is InChI=1S/C17H14F3N3O4/c1-26-16(25)11-6-7-13(23-22-11)21-15(24)10-8-9-4-2-3-5-12(9)27-14(10)17(18,19)20/h2-7,10,14H,8H2,1H3,(H,21,23,24)/t10-,14-/m1/s1. The Morgan fingerprint density at radius 2 is 1.93 bits per heavy atom. The predicted molar refractivity (Wildman–Crippen MR) is 86.1 cm³/mol. The normalized spacial score (nSPS) is 18.8. The number of halogens is 3. The van der Waals surface area contributed by atoms with Crippen molar-refractivity contribution in [2.75, 3.05) is 12.4 Å². The Bertz CT molecular complexity index is 855. The number of benzene rings is 1. The zero-order valence-corrected chi connectivity index (χ0v) is 14.0.